The monoisotopic (exact) mass is 380 g/mol. The molecule has 5 rings (SSSR count). The van der Waals surface area contributed by atoms with Crippen molar-refractivity contribution in [3.05, 3.63) is 86.9 Å². The van der Waals surface area contributed by atoms with E-state index < -0.39 is 11.6 Å². The fraction of sp³-hybridized carbons (Fsp3) is 0. The zero-order valence-electron chi connectivity index (χ0n) is 13.6. The highest BCUT2D eigenvalue weighted by Gasteiger charge is 2.13. The van der Waals surface area contributed by atoms with Crippen molar-refractivity contribution in [1.29, 1.82) is 0 Å². The Bertz CT molecular complexity index is 1430. The summed E-state index contributed by atoms with van der Waals surface area (Å²) in [7, 11) is 0. The van der Waals surface area contributed by atoms with Gasteiger partial charge in [-0.05, 0) is 36.4 Å². The van der Waals surface area contributed by atoms with Crippen LogP contribution in [0.15, 0.2) is 63.8 Å². The number of halogens is 2. The summed E-state index contributed by atoms with van der Waals surface area (Å²) in [5.41, 5.74) is 1.49. The molecule has 0 saturated heterocycles. The summed E-state index contributed by atoms with van der Waals surface area (Å²) in [6, 6.07) is 13.9. The number of aromatic nitrogens is 2. The van der Waals surface area contributed by atoms with Gasteiger partial charge in [-0.3, -0.25) is 4.79 Å². The van der Waals surface area contributed by atoms with E-state index in [1.165, 1.54) is 23.5 Å². The van der Waals surface area contributed by atoms with E-state index in [1.807, 2.05) is 24.3 Å². The molecule has 3 aromatic heterocycles. The van der Waals surface area contributed by atoms with Crippen molar-refractivity contribution in [2.24, 2.45) is 0 Å². The number of hydrogen-bond acceptors (Lipinski definition) is 4. The molecule has 0 amide bonds. The lowest BCUT2D eigenvalue weighted by molar-refractivity contribution is 0.554. The zero-order chi connectivity index (χ0) is 18.5. The van der Waals surface area contributed by atoms with Gasteiger partial charge in [-0.2, -0.15) is 0 Å². The summed E-state index contributed by atoms with van der Waals surface area (Å²) in [5.74, 6) is -0.696. The molecule has 0 bridgehead atoms. The first-order valence-electron chi connectivity index (χ1n) is 8.07. The highest BCUT2D eigenvalue weighted by atomic mass is 32.1. The van der Waals surface area contributed by atoms with Crippen molar-refractivity contribution in [3.63, 3.8) is 0 Å². The van der Waals surface area contributed by atoms with E-state index in [0.717, 1.165) is 17.1 Å². The molecule has 3 heterocycles. The van der Waals surface area contributed by atoms with Crippen LogP contribution in [0, 0.1) is 11.6 Å². The predicted octanol–water partition coefficient (Wildman–Crippen LogP) is 4.00. The molecule has 2 aromatic carbocycles. The number of thiazole rings is 1. The Labute approximate surface area is 154 Å². The van der Waals surface area contributed by atoms with Gasteiger partial charge < -0.3 is 4.42 Å². The number of furan rings is 1. The second kappa shape index (κ2) is 5.85. The summed E-state index contributed by atoms with van der Waals surface area (Å²) >= 11 is 1.25. The number of rotatable bonds is 2. The molecule has 0 N–H and O–H groups in total. The summed E-state index contributed by atoms with van der Waals surface area (Å²) in [6.45, 7) is 0. The van der Waals surface area contributed by atoms with Crippen LogP contribution >= 0.6 is 11.3 Å². The van der Waals surface area contributed by atoms with Crippen LogP contribution < -0.4 is 10.1 Å². The molecule has 0 saturated carbocycles. The standard InChI is InChI=1S/C20H10F2N2O2S/c21-11-5-7-13(14(22)9-11)17-8-6-12(26-17)10-18-19(25)24-16-4-2-1-3-15(16)23-20(24)27-18/h1-10H/b18-10-. The van der Waals surface area contributed by atoms with Gasteiger partial charge in [-0.1, -0.05) is 23.5 Å². The second-order valence-corrected chi connectivity index (χ2v) is 6.97. The summed E-state index contributed by atoms with van der Waals surface area (Å²) in [4.78, 5) is 17.8. The fourth-order valence-corrected chi connectivity index (χ4v) is 3.97. The van der Waals surface area contributed by atoms with E-state index >= 15 is 0 Å². The number of nitrogens with zero attached hydrogens (tertiary/aromatic N) is 2. The Morgan fingerprint density at radius 3 is 2.78 bits per heavy atom. The molecule has 132 valence electrons. The lowest BCUT2D eigenvalue weighted by Crippen LogP contribution is -2.22. The van der Waals surface area contributed by atoms with Crippen molar-refractivity contribution in [1.82, 2.24) is 9.38 Å². The highest BCUT2D eigenvalue weighted by Crippen LogP contribution is 2.26. The van der Waals surface area contributed by atoms with Crippen molar-refractivity contribution in [2.45, 2.75) is 0 Å². The number of hydrogen-bond donors (Lipinski definition) is 0. The first-order chi connectivity index (χ1) is 13.1. The van der Waals surface area contributed by atoms with Crippen LogP contribution in [0.4, 0.5) is 8.78 Å². The Kier molecular flexibility index (Phi) is 3.45. The maximum Gasteiger partial charge on any atom is 0.275 e. The third-order valence-electron chi connectivity index (χ3n) is 4.24. The van der Waals surface area contributed by atoms with Crippen LogP contribution in [-0.4, -0.2) is 9.38 Å². The molecule has 0 aliphatic rings. The smallest absolute Gasteiger partial charge is 0.275 e. The minimum atomic E-state index is -0.707. The number of imidazole rings is 1. The van der Waals surface area contributed by atoms with Crippen molar-refractivity contribution in [3.8, 4) is 11.3 Å². The minimum Gasteiger partial charge on any atom is -0.457 e. The molecule has 0 aliphatic carbocycles. The minimum absolute atomic E-state index is 0.158. The molecule has 0 spiro atoms. The lowest BCUT2D eigenvalue weighted by atomic mass is 10.1. The third-order valence-corrected chi connectivity index (χ3v) is 5.21. The van der Waals surface area contributed by atoms with Gasteiger partial charge >= 0.3 is 0 Å². The quantitative estimate of drug-likeness (QED) is 0.465. The summed E-state index contributed by atoms with van der Waals surface area (Å²) < 4.78 is 34.6. The molecular formula is C20H10F2N2O2S. The molecule has 0 unspecified atom stereocenters. The van der Waals surface area contributed by atoms with E-state index in [0.29, 0.717) is 15.3 Å². The van der Waals surface area contributed by atoms with E-state index in [4.69, 9.17) is 4.42 Å². The van der Waals surface area contributed by atoms with Crippen molar-refractivity contribution >= 4 is 33.4 Å². The Morgan fingerprint density at radius 2 is 1.93 bits per heavy atom. The molecule has 4 nitrogen and oxygen atoms in total. The zero-order valence-corrected chi connectivity index (χ0v) is 14.5. The first-order valence-corrected chi connectivity index (χ1v) is 8.89. The second-order valence-electron chi connectivity index (χ2n) is 5.96. The van der Waals surface area contributed by atoms with Gasteiger partial charge in [-0.25, -0.2) is 18.2 Å². The van der Waals surface area contributed by atoms with Crippen molar-refractivity contribution < 1.29 is 13.2 Å². The van der Waals surface area contributed by atoms with Crippen LogP contribution in [0.25, 0.3) is 33.4 Å². The molecule has 0 radical (unpaired) electrons. The van der Waals surface area contributed by atoms with Crippen LogP contribution in [0.3, 0.4) is 0 Å². The molecule has 5 aromatic rings. The molecule has 0 fully saturated rings. The van der Waals surface area contributed by atoms with Gasteiger partial charge in [0.15, 0.2) is 4.96 Å². The predicted molar refractivity (Wildman–Crippen MR) is 99.7 cm³/mol. The SMILES string of the molecule is O=c1/c(=C/c2ccc(-c3ccc(F)cc3F)o2)sc2nc3ccccc3n12. The van der Waals surface area contributed by atoms with E-state index in [1.54, 1.807) is 22.6 Å². The van der Waals surface area contributed by atoms with Gasteiger partial charge in [-0.15, -0.1) is 0 Å². The maximum absolute atomic E-state index is 13.9. The van der Waals surface area contributed by atoms with E-state index in [9.17, 15) is 13.6 Å². The molecule has 27 heavy (non-hydrogen) atoms. The highest BCUT2D eigenvalue weighted by molar-refractivity contribution is 7.15. The number of benzene rings is 2. The number of para-hydroxylation sites is 2. The van der Waals surface area contributed by atoms with Gasteiger partial charge in [0.1, 0.15) is 27.7 Å². The molecule has 7 heteroatoms. The van der Waals surface area contributed by atoms with Gasteiger partial charge in [0.05, 0.1) is 16.6 Å². The number of fused-ring (bicyclic) bond motifs is 3. The molecule has 0 atom stereocenters. The first kappa shape index (κ1) is 15.9. The van der Waals surface area contributed by atoms with Crippen LogP contribution in [0.1, 0.15) is 5.76 Å². The fourth-order valence-electron chi connectivity index (χ4n) is 3.01. The van der Waals surface area contributed by atoms with Gasteiger partial charge in [0.25, 0.3) is 5.56 Å². The van der Waals surface area contributed by atoms with Crippen LogP contribution in [0.5, 0.6) is 0 Å². The Hall–Kier alpha value is -3.32. The van der Waals surface area contributed by atoms with Gasteiger partial charge in [0, 0.05) is 12.1 Å². The normalized spacial score (nSPS) is 12.4. The molecule has 0 aliphatic heterocycles. The van der Waals surface area contributed by atoms with Gasteiger partial charge in [0.2, 0.25) is 0 Å². The molecular weight excluding hydrogens is 370 g/mol. The third kappa shape index (κ3) is 2.55. The van der Waals surface area contributed by atoms with Crippen LogP contribution in [-0.2, 0) is 0 Å². The van der Waals surface area contributed by atoms with Crippen LogP contribution in [0.2, 0.25) is 0 Å². The maximum atomic E-state index is 13.9. The van der Waals surface area contributed by atoms with Crippen molar-refractivity contribution in [2.75, 3.05) is 0 Å². The Balaban J connectivity index is 1.62. The largest absolute Gasteiger partial charge is 0.457 e. The Morgan fingerprint density at radius 1 is 1.07 bits per heavy atom. The topological polar surface area (TPSA) is 47.5 Å². The van der Waals surface area contributed by atoms with E-state index in [2.05, 4.69) is 4.98 Å². The summed E-state index contributed by atoms with van der Waals surface area (Å²) in [6.07, 6.45) is 1.60. The lowest BCUT2D eigenvalue weighted by Gasteiger charge is -1.98. The summed E-state index contributed by atoms with van der Waals surface area (Å²) in [5, 5.41) is 0. The van der Waals surface area contributed by atoms with E-state index in [-0.39, 0.29) is 16.9 Å². The average Bonchev–Trinajstić information content (AvgIpc) is 3.31. The average molecular weight is 380 g/mol.